The molecule has 45 heavy (non-hydrogen) atoms. The van der Waals surface area contributed by atoms with Crippen molar-refractivity contribution in [2.75, 3.05) is 31.1 Å². The van der Waals surface area contributed by atoms with Crippen molar-refractivity contribution in [1.29, 1.82) is 5.26 Å². The number of aryl methyl sites for hydroxylation is 1. The minimum absolute atomic E-state index is 0.0172. The van der Waals surface area contributed by atoms with E-state index in [9.17, 15) is 24.7 Å². The zero-order valence-corrected chi connectivity index (χ0v) is 26.6. The molecular weight excluding hydrogens is 649 g/mol. The number of nitriles is 1. The Balaban J connectivity index is 1.82. The van der Waals surface area contributed by atoms with Gasteiger partial charge in [-0.3, -0.25) is 14.7 Å². The highest BCUT2D eigenvalue weighted by molar-refractivity contribution is 6.37. The van der Waals surface area contributed by atoms with Crippen LogP contribution in [-0.2, 0) is 4.79 Å². The molecule has 2 N–H and O–H groups in total. The molecule has 1 saturated heterocycles. The molecule has 0 radical (unpaired) electrons. The number of carbonyl (C=O) groups is 1. The molecular formula is C31H27Cl3F2N6O3. The van der Waals surface area contributed by atoms with Crippen molar-refractivity contribution < 1.29 is 23.8 Å². The van der Waals surface area contributed by atoms with Crippen LogP contribution in [0.25, 0.3) is 17.0 Å². The number of aliphatic hydroxyl groups excluding tert-OH is 1. The van der Waals surface area contributed by atoms with E-state index >= 15 is 4.39 Å². The second-order valence-electron chi connectivity index (χ2n) is 10.8. The SMILES string of the molecule is C=CC(=O)N1CCN(C2=C(C#N)C(O)N(c3c(C)ccnc3C(C)C)c3nc(-c4c(O)c(Cl)c(F)c(Cl)c4F)c(Cl)cc32)CC1. The van der Waals surface area contributed by atoms with Crippen molar-refractivity contribution >= 4 is 57.9 Å². The van der Waals surface area contributed by atoms with E-state index in [4.69, 9.17) is 34.8 Å². The van der Waals surface area contributed by atoms with Gasteiger partial charge in [-0.25, -0.2) is 13.8 Å². The Morgan fingerprint density at radius 2 is 1.84 bits per heavy atom. The number of phenols is 1. The van der Waals surface area contributed by atoms with Crippen molar-refractivity contribution in [3.8, 4) is 23.1 Å². The normalized spacial score (nSPS) is 16.6. The molecule has 0 aliphatic carbocycles. The Kier molecular flexibility index (Phi) is 8.97. The quantitative estimate of drug-likeness (QED) is 0.178. The van der Waals surface area contributed by atoms with E-state index in [2.05, 4.69) is 22.6 Å². The number of amides is 1. The fraction of sp³-hybridized carbons (Fsp3) is 0.290. The zero-order chi connectivity index (χ0) is 32.9. The maximum Gasteiger partial charge on any atom is 0.246 e. The van der Waals surface area contributed by atoms with E-state index in [-0.39, 0.29) is 33.9 Å². The number of aromatic hydroxyl groups is 1. The highest BCUT2D eigenvalue weighted by atomic mass is 35.5. The molecule has 2 aromatic heterocycles. The number of hydrogen-bond acceptors (Lipinski definition) is 8. The molecule has 0 saturated carbocycles. The molecule has 2 aliphatic heterocycles. The summed E-state index contributed by atoms with van der Waals surface area (Å²) in [5.41, 5.74) is 1.36. The Bertz CT molecular complexity index is 1790. The Labute approximate surface area is 273 Å². The Morgan fingerprint density at radius 1 is 1.18 bits per heavy atom. The smallest absolute Gasteiger partial charge is 0.246 e. The summed E-state index contributed by atoms with van der Waals surface area (Å²) in [5, 5.41) is 31.1. The molecule has 4 heterocycles. The lowest BCUT2D eigenvalue weighted by atomic mass is 9.95. The molecule has 0 spiro atoms. The molecule has 1 fully saturated rings. The standard InChI is InChI=1S/C31H27Cl3F2N6O3/c1-5-19(43)40-8-10-41(11-9-40)28-16-12-18(32)26(20-23(35)21(33)24(36)22(34)29(20)44)39-30(16)42(31(45)17(28)13-37)27-15(4)6-7-38-25(27)14(2)3/h5-7,12,14,31,44-45H,1,8-11H2,2-4H3. The number of fused-ring (bicyclic) bond motifs is 1. The lowest BCUT2D eigenvalue weighted by Gasteiger charge is -2.43. The molecule has 3 aromatic rings. The van der Waals surface area contributed by atoms with Gasteiger partial charge >= 0.3 is 0 Å². The summed E-state index contributed by atoms with van der Waals surface area (Å²) in [6, 6.07) is 5.30. The van der Waals surface area contributed by atoms with Crippen LogP contribution in [0.3, 0.4) is 0 Å². The van der Waals surface area contributed by atoms with Crippen LogP contribution in [0.2, 0.25) is 15.1 Å². The van der Waals surface area contributed by atoms with Gasteiger partial charge in [0, 0.05) is 37.9 Å². The summed E-state index contributed by atoms with van der Waals surface area (Å²) in [6.07, 6.45) is 1.26. The number of phenolic OH excluding ortho intramolecular Hbond substituents is 1. The maximum absolute atomic E-state index is 15.5. The molecule has 9 nitrogen and oxygen atoms in total. The van der Waals surface area contributed by atoms with Crippen LogP contribution in [0.5, 0.6) is 5.75 Å². The molecule has 14 heteroatoms. The summed E-state index contributed by atoms with van der Waals surface area (Å²) in [4.78, 5) is 26.3. The minimum atomic E-state index is -1.59. The number of carbonyl (C=O) groups excluding carboxylic acids is 1. The van der Waals surface area contributed by atoms with Crippen molar-refractivity contribution in [2.24, 2.45) is 0 Å². The van der Waals surface area contributed by atoms with Crippen molar-refractivity contribution in [1.82, 2.24) is 19.8 Å². The number of anilines is 2. The van der Waals surface area contributed by atoms with Gasteiger partial charge in [-0.2, -0.15) is 5.26 Å². The third kappa shape index (κ3) is 5.36. The van der Waals surface area contributed by atoms with E-state index < -0.39 is 39.2 Å². The highest BCUT2D eigenvalue weighted by Crippen LogP contribution is 2.50. The van der Waals surface area contributed by atoms with Gasteiger partial charge in [-0.15, -0.1) is 0 Å². The largest absolute Gasteiger partial charge is 0.505 e. The minimum Gasteiger partial charge on any atom is -0.505 e. The number of pyridine rings is 2. The number of rotatable bonds is 5. The van der Waals surface area contributed by atoms with Gasteiger partial charge in [0.15, 0.2) is 17.9 Å². The van der Waals surface area contributed by atoms with Crippen LogP contribution < -0.4 is 4.90 Å². The number of nitrogens with zero attached hydrogens (tertiary/aromatic N) is 6. The summed E-state index contributed by atoms with van der Waals surface area (Å²) in [7, 11) is 0. The van der Waals surface area contributed by atoms with Gasteiger partial charge in [0.1, 0.15) is 33.3 Å². The van der Waals surface area contributed by atoms with Gasteiger partial charge in [0.2, 0.25) is 5.91 Å². The first-order valence-corrected chi connectivity index (χ1v) is 15.0. The van der Waals surface area contributed by atoms with Gasteiger partial charge in [0.25, 0.3) is 0 Å². The van der Waals surface area contributed by atoms with Gasteiger partial charge in [-0.05, 0) is 36.6 Å². The predicted molar refractivity (Wildman–Crippen MR) is 168 cm³/mol. The number of hydrogen-bond donors (Lipinski definition) is 2. The van der Waals surface area contributed by atoms with Crippen molar-refractivity contribution in [2.45, 2.75) is 32.9 Å². The number of aliphatic hydroxyl groups is 1. The maximum atomic E-state index is 15.5. The number of benzene rings is 1. The molecule has 1 unspecified atom stereocenters. The number of piperazine rings is 1. The van der Waals surface area contributed by atoms with E-state index in [1.807, 2.05) is 18.7 Å². The van der Waals surface area contributed by atoms with E-state index in [0.29, 0.717) is 54.4 Å². The fourth-order valence-corrected chi connectivity index (χ4v) is 6.30. The Morgan fingerprint density at radius 3 is 2.44 bits per heavy atom. The second-order valence-corrected chi connectivity index (χ2v) is 12.0. The lowest BCUT2D eigenvalue weighted by molar-refractivity contribution is -0.127. The first-order chi connectivity index (χ1) is 21.3. The first-order valence-electron chi connectivity index (χ1n) is 13.8. The predicted octanol–water partition coefficient (Wildman–Crippen LogP) is 6.55. The van der Waals surface area contributed by atoms with E-state index in [1.165, 1.54) is 17.0 Å². The summed E-state index contributed by atoms with van der Waals surface area (Å²) >= 11 is 18.5. The van der Waals surface area contributed by atoms with E-state index in [1.54, 1.807) is 24.1 Å². The zero-order valence-electron chi connectivity index (χ0n) is 24.4. The van der Waals surface area contributed by atoms with Crippen LogP contribution in [-0.4, -0.2) is 68.3 Å². The van der Waals surface area contributed by atoms with Crippen LogP contribution >= 0.6 is 34.8 Å². The molecule has 1 aromatic carbocycles. The lowest BCUT2D eigenvalue weighted by Crippen LogP contribution is -2.49. The average Bonchev–Trinajstić information content (AvgIpc) is 3.02. The van der Waals surface area contributed by atoms with Gasteiger partial charge in [0.05, 0.1) is 33.4 Å². The molecule has 1 amide bonds. The third-order valence-electron chi connectivity index (χ3n) is 7.82. The molecule has 2 aliphatic rings. The molecule has 1 atom stereocenters. The van der Waals surface area contributed by atoms with Crippen molar-refractivity contribution in [3.05, 3.63) is 80.1 Å². The summed E-state index contributed by atoms with van der Waals surface area (Å²) in [5.74, 6) is -3.98. The van der Waals surface area contributed by atoms with Gasteiger partial charge in [-0.1, -0.05) is 55.2 Å². The topological polar surface area (TPSA) is 117 Å². The number of aromatic nitrogens is 2. The van der Waals surface area contributed by atoms with E-state index in [0.717, 1.165) is 0 Å². The Hall–Kier alpha value is -3.95. The van der Waals surface area contributed by atoms with Crippen LogP contribution in [0.1, 0.15) is 36.6 Å². The molecule has 5 rings (SSSR count). The highest BCUT2D eigenvalue weighted by Gasteiger charge is 2.40. The van der Waals surface area contributed by atoms with Crippen molar-refractivity contribution in [3.63, 3.8) is 0 Å². The van der Waals surface area contributed by atoms with Crippen LogP contribution in [0.15, 0.2) is 36.6 Å². The van der Waals surface area contributed by atoms with Gasteiger partial charge < -0.3 is 20.0 Å². The van der Waals surface area contributed by atoms with Crippen LogP contribution in [0, 0.1) is 29.9 Å². The summed E-state index contributed by atoms with van der Waals surface area (Å²) in [6.45, 7) is 10.4. The number of halogens is 5. The first kappa shape index (κ1) is 32.4. The van der Waals surface area contributed by atoms with Crippen LogP contribution in [0.4, 0.5) is 20.3 Å². The fourth-order valence-electron chi connectivity index (χ4n) is 5.63. The monoisotopic (exact) mass is 674 g/mol. The third-order valence-corrected chi connectivity index (χ3v) is 8.79. The molecule has 234 valence electrons. The molecule has 0 bridgehead atoms. The average molecular weight is 676 g/mol. The summed E-state index contributed by atoms with van der Waals surface area (Å²) < 4.78 is 29.9. The second kappa shape index (κ2) is 12.4.